The Morgan fingerprint density at radius 1 is 1.09 bits per heavy atom. The van der Waals surface area contributed by atoms with Crippen LogP contribution in [0.1, 0.15) is 23.9 Å². The molecule has 0 aliphatic rings. The van der Waals surface area contributed by atoms with E-state index < -0.39 is 11.9 Å². The fraction of sp³-hybridized carbons (Fsp3) is 0.280. The van der Waals surface area contributed by atoms with Gasteiger partial charge in [-0.3, -0.25) is 9.59 Å². The number of benzene rings is 2. The highest BCUT2D eigenvalue weighted by atomic mass is 32.2. The molecule has 0 fully saturated rings. The van der Waals surface area contributed by atoms with Crippen molar-refractivity contribution in [1.29, 1.82) is 0 Å². The fourth-order valence-electron chi connectivity index (χ4n) is 3.28. The van der Waals surface area contributed by atoms with Crippen LogP contribution in [-0.4, -0.2) is 45.6 Å². The Morgan fingerprint density at radius 3 is 2.35 bits per heavy atom. The van der Waals surface area contributed by atoms with Crippen molar-refractivity contribution in [2.45, 2.75) is 38.5 Å². The average molecular weight is 483 g/mol. The number of halogens is 1. The third-order valence-electron chi connectivity index (χ3n) is 5.11. The van der Waals surface area contributed by atoms with Crippen LogP contribution < -0.4 is 10.1 Å². The van der Waals surface area contributed by atoms with E-state index in [2.05, 4.69) is 15.3 Å². The largest absolute Gasteiger partial charge is 0.497 e. The summed E-state index contributed by atoms with van der Waals surface area (Å²) in [6.45, 7) is 5.29. The van der Waals surface area contributed by atoms with E-state index in [9.17, 15) is 14.0 Å². The number of thioether (sulfide) groups is 1. The van der Waals surface area contributed by atoms with Crippen LogP contribution in [0.15, 0.2) is 59.8 Å². The first-order chi connectivity index (χ1) is 16.3. The van der Waals surface area contributed by atoms with Crippen LogP contribution in [0.2, 0.25) is 0 Å². The number of carbonyl (C=O) groups is 2. The van der Waals surface area contributed by atoms with Gasteiger partial charge >= 0.3 is 0 Å². The molecular weight excluding hydrogens is 455 g/mol. The molecule has 0 aliphatic heterocycles. The van der Waals surface area contributed by atoms with Crippen molar-refractivity contribution in [1.82, 2.24) is 14.9 Å². The second-order valence-corrected chi connectivity index (χ2v) is 8.67. The molecule has 1 aromatic heterocycles. The molecule has 0 radical (unpaired) electrons. The Kier molecular flexibility index (Phi) is 8.59. The number of nitrogens with one attached hydrogen (secondary N) is 1. The molecule has 1 N–H and O–H groups in total. The Bertz CT molecular complexity index is 1140. The van der Waals surface area contributed by atoms with Gasteiger partial charge in [-0.2, -0.15) is 0 Å². The van der Waals surface area contributed by atoms with Crippen LogP contribution in [0.25, 0.3) is 0 Å². The minimum atomic E-state index is -0.852. The van der Waals surface area contributed by atoms with E-state index >= 15 is 0 Å². The van der Waals surface area contributed by atoms with Crippen molar-refractivity contribution < 1.29 is 18.7 Å². The maximum Gasteiger partial charge on any atom is 0.246 e. The van der Waals surface area contributed by atoms with Crippen LogP contribution in [-0.2, 0) is 16.1 Å². The molecule has 7 nitrogen and oxygen atoms in total. The molecule has 0 bridgehead atoms. The summed E-state index contributed by atoms with van der Waals surface area (Å²) in [5.41, 5.74) is 2.50. The molecule has 1 heterocycles. The molecule has 9 heteroatoms. The predicted molar refractivity (Wildman–Crippen MR) is 130 cm³/mol. The van der Waals surface area contributed by atoms with Gasteiger partial charge in [-0.15, -0.1) is 0 Å². The van der Waals surface area contributed by atoms with Gasteiger partial charge in [0.2, 0.25) is 11.8 Å². The summed E-state index contributed by atoms with van der Waals surface area (Å²) in [4.78, 5) is 36.3. The lowest BCUT2D eigenvalue weighted by Crippen LogP contribution is -2.46. The Labute approximate surface area is 202 Å². The Morgan fingerprint density at radius 2 is 1.74 bits per heavy atom. The third-order valence-corrected chi connectivity index (χ3v) is 5.94. The van der Waals surface area contributed by atoms with Crippen LogP contribution >= 0.6 is 11.8 Å². The highest BCUT2D eigenvalue weighted by Crippen LogP contribution is 2.20. The van der Waals surface area contributed by atoms with Crippen molar-refractivity contribution in [3.63, 3.8) is 0 Å². The highest BCUT2D eigenvalue weighted by Gasteiger charge is 2.27. The van der Waals surface area contributed by atoms with Gasteiger partial charge in [-0.05, 0) is 57.2 Å². The second-order valence-electron chi connectivity index (χ2n) is 7.73. The van der Waals surface area contributed by atoms with Crippen LogP contribution in [0.4, 0.5) is 10.1 Å². The minimum Gasteiger partial charge on any atom is -0.497 e. The molecule has 34 heavy (non-hydrogen) atoms. The van der Waals surface area contributed by atoms with Crippen molar-refractivity contribution in [3.05, 3.63) is 77.4 Å². The van der Waals surface area contributed by atoms with Gasteiger partial charge in [0.15, 0.2) is 5.16 Å². The number of nitrogens with zero attached hydrogens (tertiary/aromatic N) is 3. The molecular formula is C25H27FN4O3S. The topological polar surface area (TPSA) is 84.4 Å². The zero-order valence-corrected chi connectivity index (χ0v) is 20.4. The molecule has 0 unspecified atom stereocenters. The van der Waals surface area contributed by atoms with E-state index in [0.29, 0.717) is 22.2 Å². The van der Waals surface area contributed by atoms with Gasteiger partial charge in [0.05, 0.1) is 12.9 Å². The van der Waals surface area contributed by atoms with Gasteiger partial charge in [0.25, 0.3) is 0 Å². The van der Waals surface area contributed by atoms with Gasteiger partial charge in [0, 0.05) is 29.2 Å². The SMILES string of the molecule is COc1ccc(NC(=O)[C@H](C)N(Cc2ccccc2F)C(=O)CSc2nc(C)cc(C)n2)cc1. The number of ether oxygens (including phenoxy) is 1. The second kappa shape index (κ2) is 11.6. The highest BCUT2D eigenvalue weighted by molar-refractivity contribution is 7.99. The first-order valence-electron chi connectivity index (χ1n) is 10.7. The minimum absolute atomic E-state index is 0.0114. The molecule has 3 aromatic rings. The smallest absolute Gasteiger partial charge is 0.246 e. The fourth-order valence-corrected chi connectivity index (χ4v) is 4.12. The summed E-state index contributed by atoms with van der Waals surface area (Å²) < 4.78 is 19.5. The molecule has 2 aromatic carbocycles. The van der Waals surface area contributed by atoms with Gasteiger partial charge in [0.1, 0.15) is 17.6 Å². The maximum atomic E-state index is 14.4. The summed E-state index contributed by atoms with van der Waals surface area (Å²) in [6, 6.07) is 14.1. The van der Waals surface area contributed by atoms with Crippen molar-refractivity contribution >= 4 is 29.3 Å². The van der Waals surface area contributed by atoms with Crippen LogP contribution in [0.3, 0.4) is 0 Å². The number of rotatable bonds is 9. The van der Waals surface area contributed by atoms with E-state index in [4.69, 9.17) is 4.74 Å². The molecule has 178 valence electrons. The Hall–Kier alpha value is -3.46. The van der Waals surface area contributed by atoms with E-state index in [-0.39, 0.29) is 24.1 Å². The number of anilines is 1. The summed E-state index contributed by atoms with van der Waals surface area (Å²) in [5.74, 6) is -0.477. The number of amides is 2. The summed E-state index contributed by atoms with van der Waals surface area (Å²) >= 11 is 1.18. The van der Waals surface area contributed by atoms with Crippen molar-refractivity contribution in [2.24, 2.45) is 0 Å². The summed E-state index contributed by atoms with van der Waals surface area (Å²) in [6.07, 6.45) is 0. The van der Waals surface area contributed by atoms with Gasteiger partial charge < -0.3 is 15.0 Å². The molecule has 3 rings (SSSR count). The molecule has 1 atom stereocenters. The van der Waals surface area contributed by atoms with Crippen LogP contribution in [0, 0.1) is 19.7 Å². The molecule has 0 spiro atoms. The average Bonchev–Trinajstić information content (AvgIpc) is 2.81. The lowest BCUT2D eigenvalue weighted by Gasteiger charge is -2.28. The lowest BCUT2D eigenvalue weighted by atomic mass is 10.1. The molecule has 2 amide bonds. The summed E-state index contributed by atoms with van der Waals surface area (Å²) in [5, 5.41) is 3.28. The van der Waals surface area contributed by atoms with Crippen molar-refractivity contribution in [3.8, 4) is 5.75 Å². The Balaban J connectivity index is 1.77. The molecule has 0 aliphatic carbocycles. The van der Waals surface area contributed by atoms with E-state index in [1.54, 1.807) is 56.5 Å². The first kappa shape index (κ1) is 25.2. The molecule has 0 saturated carbocycles. The quantitative estimate of drug-likeness (QED) is 0.360. The van der Waals surface area contributed by atoms with Gasteiger partial charge in [-0.1, -0.05) is 30.0 Å². The maximum absolute atomic E-state index is 14.4. The number of aryl methyl sites for hydroxylation is 2. The zero-order valence-electron chi connectivity index (χ0n) is 19.5. The number of methoxy groups -OCH3 is 1. The molecule has 0 saturated heterocycles. The number of aromatic nitrogens is 2. The standard InChI is InChI=1S/C25H27FN4O3S/c1-16-13-17(2)28-25(27-16)34-15-23(31)30(14-19-7-5-6-8-22(19)26)18(3)24(32)29-20-9-11-21(33-4)12-10-20/h5-13,18H,14-15H2,1-4H3,(H,29,32)/t18-/m0/s1. The zero-order chi connectivity index (χ0) is 24.7. The monoisotopic (exact) mass is 482 g/mol. The third kappa shape index (κ3) is 6.77. The van der Waals surface area contributed by atoms with E-state index in [0.717, 1.165) is 11.4 Å². The number of hydrogen-bond acceptors (Lipinski definition) is 6. The van der Waals surface area contributed by atoms with E-state index in [1.807, 2.05) is 19.9 Å². The number of hydrogen-bond donors (Lipinski definition) is 1. The lowest BCUT2D eigenvalue weighted by molar-refractivity contribution is -0.136. The van der Waals surface area contributed by atoms with Crippen molar-refractivity contribution in [2.75, 3.05) is 18.2 Å². The van der Waals surface area contributed by atoms with E-state index in [1.165, 1.54) is 22.7 Å². The first-order valence-corrected chi connectivity index (χ1v) is 11.7. The normalized spacial score (nSPS) is 11.6. The van der Waals surface area contributed by atoms with Crippen LogP contribution in [0.5, 0.6) is 5.75 Å². The summed E-state index contributed by atoms with van der Waals surface area (Å²) in [7, 11) is 1.56. The number of carbonyl (C=O) groups excluding carboxylic acids is 2. The predicted octanol–water partition coefficient (Wildman–Crippen LogP) is 4.39. The van der Waals surface area contributed by atoms with Gasteiger partial charge in [-0.25, -0.2) is 14.4 Å².